The van der Waals surface area contributed by atoms with Crippen molar-refractivity contribution in [2.75, 3.05) is 0 Å². The number of alkyl halides is 2. The molecule has 0 amide bonds. The molecule has 0 unspecified atom stereocenters. The van der Waals surface area contributed by atoms with E-state index in [0.717, 1.165) is 0 Å². The van der Waals surface area contributed by atoms with E-state index in [-0.39, 0.29) is 27.4 Å². The third kappa shape index (κ3) is 2.75. The fourth-order valence-electron chi connectivity index (χ4n) is 2.68. The number of aromatic nitrogens is 3. The molecule has 124 valence electrons. The van der Waals surface area contributed by atoms with Gasteiger partial charge in [0.05, 0.1) is 11.1 Å². The Bertz CT molecular complexity index is 1010. The van der Waals surface area contributed by atoms with E-state index < -0.39 is 12.0 Å². The van der Waals surface area contributed by atoms with Gasteiger partial charge in [-0.1, -0.05) is 30.3 Å². The number of benzene rings is 1. The Morgan fingerprint density at radius 2 is 1.88 bits per heavy atom. The van der Waals surface area contributed by atoms with Crippen molar-refractivity contribution < 1.29 is 8.78 Å². The molecule has 0 aliphatic carbocycles. The van der Waals surface area contributed by atoms with E-state index in [1.54, 1.807) is 28.8 Å². The predicted molar refractivity (Wildman–Crippen MR) is 92.0 cm³/mol. The van der Waals surface area contributed by atoms with Gasteiger partial charge in [0.25, 0.3) is 12.0 Å². The zero-order chi connectivity index (χ0) is 17.4. The summed E-state index contributed by atoms with van der Waals surface area (Å²) < 4.78 is 28.9. The van der Waals surface area contributed by atoms with E-state index in [1.807, 2.05) is 19.9 Å². The summed E-state index contributed by atoms with van der Waals surface area (Å²) in [4.78, 5) is 19.2. The monoisotopic (exact) mass is 347 g/mol. The Kier molecular flexibility index (Phi) is 4.28. The van der Waals surface area contributed by atoms with Crippen LogP contribution in [0.25, 0.3) is 22.3 Å². The number of fused-ring (bicyclic) bond motifs is 1. The fourth-order valence-corrected chi connectivity index (χ4v) is 3.07. The number of rotatable bonds is 3. The van der Waals surface area contributed by atoms with Gasteiger partial charge in [0.2, 0.25) is 0 Å². The highest BCUT2D eigenvalue weighted by Crippen LogP contribution is 2.30. The number of nitrogens with one attached hydrogen (secondary N) is 1. The second kappa shape index (κ2) is 6.24. The van der Waals surface area contributed by atoms with Gasteiger partial charge < -0.3 is 0 Å². The van der Waals surface area contributed by atoms with E-state index in [1.165, 1.54) is 6.07 Å². The molecule has 0 radical (unpaired) electrons. The van der Waals surface area contributed by atoms with Crippen molar-refractivity contribution in [1.82, 2.24) is 14.5 Å². The Hall–Kier alpha value is -2.41. The van der Waals surface area contributed by atoms with Gasteiger partial charge in [-0.25, -0.2) is 13.8 Å². The molecular formula is C17H15F2N3OS. The van der Waals surface area contributed by atoms with Crippen molar-refractivity contribution in [3.05, 3.63) is 57.1 Å². The predicted octanol–water partition coefficient (Wildman–Crippen LogP) is 4.64. The van der Waals surface area contributed by atoms with Crippen LogP contribution >= 0.6 is 12.2 Å². The van der Waals surface area contributed by atoms with Crippen LogP contribution < -0.4 is 5.56 Å². The van der Waals surface area contributed by atoms with Gasteiger partial charge in [-0.15, -0.1) is 0 Å². The van der Waals surface area contributed by atoms with Gasteiger partial charge in [-0.3, -0.25) is 14.3 Å². The first-order chi connectivity index (χ1) is 11.4. The summed E-state index contributed by atoms with van der Waals surface area (Å²) in [5.74, 6) is 0. The number of aromatic amines is 1. The first-order valence-corrected chi connectivity index (χ1v) is 7.84. The van der Waals surface area contributed by atoms with Crippen LogP contribution in [0.5, 0.6) is 0 Å². The molecule has 0 saturated carbocycles. The number of hydrogen-bond donors (Lipinski definition) is 1. The van der Waals surface area contributed by atoms with Crippen LogP contribution in [-0.4, -0.2) is 14.5 Å². The molecule has 0 bridgehead atoms. The second-order valence-electron chi connectivity index (χ2n) is 5.69. The van der Waals surface area contributed by atoms with Crippen LogP contribution in [0, 0.1) is 4.77 Å². The third-order valence-corrected chi connectivity index (χ3v) is 4.05. The molecule has 3 aromatic rings. The smallest absolute Gasteiger partial charge is 0.264 e. The molecule has 3 rings (SSSR count). The molecule has 0 spiro atoms. The fraction of sp³-hybridized carbons (Fsp3) is 0.235. The van der Waals surface area contributed by atoms with E-state index in [4.69, 9.17) is 12.2 Å². The molecule has 24 heavy (non-hydrogen) atoms. The number of H-pyrrole nitrogens is 1. The highest BCUT2D eigenvalue weighted by atomic mass is 32.1. The molecule has 0 atom stereocenters. The number of hydrogen-bond acceptors (Lipinski definition) is 3. The largest absolute Gasteiger partial charge is 0.300 e. The van der Waals surface area contributed by atoms with Gasteiger partial charge in [-0.05, 0) is 32.1 Å². The van der Waals surface area contributed by atoms with Crippen LogP contribution in [0.1, 0.15) is 31.9 Å². The Morgan fingerprint density at radius 3 is 2.46 bits per heavy atom. The maximum atomic E-state index is 13.6. The van der Waals surface area contributed by atoms with Crippen LogP contribution in [0.4, 0.5) is 8.78 Å². The molecule has 4 nitrogen and oxygen atoms in total. The van der Waals surface area contributed by atoms with Crippen molar-refractivity contribution >= 4 is 23.3 Å². The Morgan fingerprint density at radius 1 is 1.21 bits per heavy atom. The number of pyridine rings is 1. The summed E-state index contributed by atoms with van der Waals surface area (Å²) in [6.07, 6.45) is -2.80. The lowest BCUT2D eigenvalue weighted by atomic mass is 10.1. The van der Waals surface area contributed by atoms with E-state index in [2.05, 4.69) is 9.97 Å². The average Bonchev–Trinajstić information content (AvgIpc) is 2.54. The van der Waals surface area contributed by atoms with E-state index >= 15 is 0 Å². The van der Waals surface area contributed by atoms with E-state index in [0.29, 0.717) is 11.3 Å². The second-order valence-corrected chi connectivity index (χ2v) is 6.07. The molecule has 2 aromatic heterocycles. The minimum absolute atomic E-state index is 0.119. The lowest BCUT2D eigenvalue weighted by Gasteiger charge is -2.16. The average molecular weight is 347 g/mol. The summed E-state index contributed by atoms with van der Waals surface area (Å²) in [5, 5.41) is -0.119. The van der Waals surface area contributed by atoms with Crippen LogP contribution in [0.15, 0.2) is 41.2 Å². The molecule has 0 aliphatic rings. The number of halogens is 2. The van der Waals surface area contributed by atoms with Crippen LogP contribution in [0.2, 0.25) is 0 Å². The molecule has 1 N–H and O–H groups in total. The van der Waals surface area contributed by atoms with Crippen molar-refractivity contribution in [3.8, 4) is 11.3 Å². The lowest BCUT2D eigenvalue weighted by Crippen LogP contribution is -2.19. The molecule has 1 aromatic carbocycles. The normalized spacial score (nSPS) is 11.6. The number of nitrogens with zero attached hydrogens (tertiary/aromatic N) is 2. The summed E-state index contributed by atoms with van der Waals surface area (Å²) in [6.45, 7) is 3.71. The standard InChI is InChI=1S/C17H15F2N3OS/c1-9(2)22-15-13(16(23)21-17(22)24)11(14(18)19)8-12(20-15)10-6-4-3-5-7-10/h3-9,14H,1-2H3,(H,21,23,24). The summed E-state index contributed by atoms with van der Waals surface area (Å²) in [7, 11) is 0. The quantitative estimate of drug-likeness (QED) is 0.702. The molecule has 0 fully saturated rings. The Balaban J connectivity index is 2.50. The Labute approximate surface area is 141 Å². The summed E-state index contributed by atoms with van der Waals surface area (Å²) in [5.41, 5.74) is 0.268. The highest BCUT2D eigenvalue weighted by molar-refractivity contribution is 7.71. The maximum absolute atomic E-state index is 13.6. The van der Waals surface area contributed by atoms with Gasteiger partial charge in [0, 0.05) is 17.2 Å². The molecular weight excluding hydrogens is 332 g/mol. The minimum atomic E-state index is -2.80. The van der Waals surface area contributed by atoms with Crippen molar-refractivity contribution in [2.24, 2.45) is 0 Å². The topological polar surface area (TPSA) is 50.7 Å². The SMILES string of the molecule is CC(C)n1c(=S)[nH]c(=O)c2c(C(F)F)cc(-c3ccccc3)nc21. The summed E-state index contributed by atoms with van der Waals surface area (Å²) in [6, 6.07) is 10.1. The van der Waals surface area contributed by atoms with Gasteiger partial charge in [0.15, 0.2) is 4.77 Å². The van der Waals surface area contributed by atoms with Crippen LogP contribution in [-0.2, 0) is 0 Å². The minimum Gasteiger partial charge on any atom is -0.300 e. The zero-order valence-electron chi connectivity index (χ0n) is 13.1. The van der Waals surface area contributed by atoms with Gasteiger partial charge >= 0.3 is 0 Å². The molecule has 7 heteroatoms. The first-order valence-electron chi connectivity index (χ1n) is 7.43. The van der Waals surface area contributed by atoms with Gasteiger partial charge in [-0.2, -0.15) is 0 Å². The van der Waals surface area contributed by atoms with Crippen LogP contribution in [0.3, 0.4) is 0 Å². The van der Waals surface area contributed by atoms with E-state index in [9.17, 15) is 13.6 Å². The molecule has 0 aliphatic heterocycles. The third-order valence-electron chi connectivity index (χ3n) is 3.75. The van der Waals surface area contributed by atoms with Crippen molar-refractivity contribution in [3.63, 3.8) is 0 Å². The zero-order valence-corrected chi connectivity index (χ0v) is 13.9. The van der Waals surface area contributed by atoms with Crippen molar-refractivity contribution in [1.29, 1.82) is 0 Å². The lowest BCUT2D eigenvalue weighted by molar-refractivity contribution is 0.153. The molecule has 0 saturated heterocycles. The first kappa shape index (κ1) is 16.4. The summed E-state index contributed by atoms with van der Waals surface area (Å²) >= 11 is 5.19. The highest BCUT2D eigenvalue weighted by Gasteiger charge is 2.20. The van der Waals surface area contributed by atoms with Gasteiger partial charge in [0.1, 0.15) is 5.65 Å². The maximum Gasteiger partial charge on any atom is 0.264 e. The molecule has 2 heterocycles. The van der Waals surface area contributed by atoms with Crippen molar-refractivity contribution in [2.45, 2.75) is 26.3 Å².